The monoisotopic (exact) mass is 181 g/mol. The Bertz CT molecular complexity index is 354. The largest absolute Gasteiger partial charge is 0.495 e. The number of H-pyrrole nitrogens is 1. The Morgan fingerprint density at radius 3 is 2.69 bits per heavy atom. The van der Waals surface area contributed by atoms with Crippen LogP contribution in [0.3, 0.4) is 0 Å². The van der Waals surface area contributed by atoms with Gasteiger partial charge in [-0.05, 0) is 24.8 Å². The normalized spacial score (nSPS) is 12.8. The summed E-state index contributed by atoms with van der Waals surface area (Å²) < 4.78 is 0. The molecule has 0 radical (unpaired) electrons. The van der Waals surface area contributed by atoms with E-state index in [2.05, 4.69) is 4.98 Å². The Morgan fingerprint density at radius 2 is 2.23 bits per heavy atom. The highest BCUT2D eigenvalue weighted by atomic mass is 16.3. The minimum absolute atomic E-state index is 0.0606. The number of aromatic nitrogens is 1. The van der Waals surface area contributed by atoms with Crippen LogP contribution in [-0.4, -0.2) is 10.1 Å². The van der Waals surface area contributed by atoms with E-state index in [0.29, 0.717) is 0 Å². The minimum atomic E-state index is -0.174. The summed E-state index contributed by atoms with van der Waals surface area (Å²) in [5.41, 5.74) is 1.46. The molecular formula is C10H15NO2. The number of aryl methyl sites for hydroxylation is 1. The summed E-state index contributed by atoms with van der Waals surface area (Å²) in [5.74, 6) is 0.180. The smallest absolute Gasteiger partial charge is 0.254 e. The average Bonchev–Trinajstić information content (AvgIpc) is 2.02. The highest BCUT2D eigenvalue weighted by Gasteiger charge is 2.11. The van der Waals surface area contributed by atoms with E-state index in [-0.39, 0.29) is 17.4 Å². The zero-order valence-corrected chi connectivity index (χ0v) is 8.22. The summed E-state index contributed by atoms with van der Waals surface area (Å²) >= 11 is 0. The maximum atomic E-state index is 11.4. The number of hydrogen-bond acceptors (Lipinski definition) is 2. The first kappa shape index (κ1) is 9.84. The van der Waals surface area contributed by atoms with Crippen LogP contribution in [0.2, 0.25) is 0 Å². The summed E-state index contributed by atoms with van der Waals surface area (Å²) in [7, 11) is 0. The van der Waals surface area contributed by atoms with Gasteiger partial charge in [0.25, 0.3) is 5.56 Å². The molecule has 1 rings (SSSR count). The van der Waals surface area contributed by atoms with E-state index >= 15 is 0 Å². The van der Waals surface area contributed by atoms with Crippen LogP contribution in [0.5, 0.6) is 5.88 Å². The van der Waals surface area contributed by atoms with Gasteiger partial charge in [0, 0.05) is 11.6 Å². The van der Waals surface area contributed by atoms with Crippen LogP contribution in [0.4, 0.5) is 0 Å². The summed E-state index contributed by atoms with van der Waals surface area (Å²) in [4.78, 5) is 13.8. The molecule has 0 aliphatic carbocycles. The number of nitrogens with one attached hydrogen (secondary N) is 1. The van der Waals surface area contributed by atoms with Crippen molar-refractivity contribution >= 4 is 0 Å². The molecule has 0 saturated heterocycles. The van der Waals surface area contributed by atoms with Gasteiger partial charge < -0.3 is 5.11 Å². The lowest BCUT2D eigenvalue weighted by atomic mass is 9.96. The molecular weight excluding hydrogens is 166 g/mol. The minimum Gasteiger partial charge on any atom is -0.495 e. The maximum Gasteiger partial charge on any atom is 0.254 e. The van der Waals surface area contributed by atoms with Gasteiger partial charge in [-0.15, -0.1) is 0 Å². The second-order valence-corrected chi connectivity index (χ2v) is 3.39. The van der Waals surface area contributed by atoms with Crippen LogP contribution in [0.15, 0.2) is 10.9 Å². The molecule has 0 amide bonds. The van der Waals surface area contributed by atoms with Crippen molar-refractivity contribution < 1.29 is 5.11 Å². The van der Waals surface area contributed by atoms with Crippen molar-refractivity contribution in [3.8, 4) is 5.88 Å². The van der Waals surface area contributed by atoms with E-state index in [0.717, 1.165) is 17.5 Å². The predicted octanol–water partition coefficient (Wildman–Crippen LogP) is 1.90. The molecule has 0 fully saturated rings. The van der Waals surface area contributed by atoms with Gasteiger partial charge in [0.05, 0.1) is 0 Å². The molecule has 0 bridgehead atoms. The van der Waals surface area contributed by atoms with Crippen molar-refractivity contribution in [2.24, 2.45) is 0 Å². The molecule has 0 spiro atoms. The molecule has 72 valence electrons. The van der Waals surface area contributed by atoms with E-state index in [1.165, 1.54) is 0 Å². The van der Waals surface area contributed by atoms with Crippen LogP contribution < -0.4 is 5.56 Å². The standard InChI is InChI=1S/C10H15NO2/c1-4-6(2)9-7(3)5-8(12)11-10(9)13/h5-6H,4H2,1-3H3,(H2,11,12,13). The fourth-order valence-corrected chi connectivity index (χ4v) is 1.50. The highest BCUT2D eigenvalue weighted by Crippen LogP contribution is 2.19. The van der Waals surface area contributed by atoms with Gasteiger partial charge in [0.15, 0.2) is 5.88 Å². The maximum absolute atomic E-state index is 11.4. The highest BCUT2D eigenvalue weighted by molar-refractivity contribution is 5.29. The first-order valence-electron chi connectivity index (χ1n) is 4.49. The molecule has 3 heteroatoms. The van der Waals surface area contributed by atoms with Gasteiger partial charge in [0.1, 0.15) is 0 Å². The van der Waals surface area contributed by atoms with Gasteiger partial charge in [-0.3, -0.25) is 9.78 Å². The third-order valence-corrected chi connectivity index (χ3v) is 2.37. The molecule has 0 saturated carbocycles. The van der Waals surface area contributed by atoms with Crippen LogP contribution in [-0.2, 0) is 0 Å². The van der Waals surface area contributed by atoms with Crippen LogP contribution in [0.25, 0.3) is 0 Å². The fraction of sp³-hybridized carbons (Fsp3) is 0.500. The van der Waals surface area contributed by atoms with Crippen molar-refractivity contribution in [1.29, 1.82) is 0 Å². The second kappa shape index (κ2) is 3.64. The Morgan fingerprint density at radius 1 is 1.62 bits per heavy atom. The van der Waals surface area contributed by atoms with E-state index in [4.69, 9.17) is 5.11 Å². The summed E-state index contributed by atoms with van der Waals surface area (Å²) in [6, 6.07) is 1.59. The first-order valence-corrected chi connectivity index (χ1v) is 4.49. The van der Waals surface area contributed by atoms with Gasteiger partial charge in [-0.2, -0.15) is 0 Å². The summed E-state index contributed by atoms with van der Waals surface area (Å²) in [5, 5.41) is 9.12. The molecule has 0 aromatic carbocycles. The molecule has 1 aromatic heterocycles. The Kier molecular flexibility index (Phi) is 2.76. The number of pyridine rings is 1. The lowest BCUT2D eigenvalue weighted by molar-refractivity contribution is 0.450. The number of hydrogen-bond donors (Lipinski definition) is 2. The van der Waals surface area contributed by atoms with Crippen LogP contribution in [0, 0.1) is 6.92 Å². The van der Waals surface area contributed by atoms with E-state index < -0.39 is 0 Å². The first-order chi connectivity index (χ1) is 6.06. The second-order valence-electron chi connectivity index (χ2n) is 3.39. The molecule has 0 aliphatic rings. The van der Waals surface area contributed by atoms with Gasteiger partial charge in [-0.25, -0.2) is 0 Å². The van der Waals surface area contributed by atoms with E-state index in [9.17, 15) is 4.79 Å². The third-order valence-electron chi connectivity index (χ3n) is 2.37. The SMILES string of the molecule is CCC(C)c1c(C)cc(O)[nH]c1=O. The molecule has 13 heavy (non-hydrogen) atoms. The molecule has 1 atom stereocenters. The van der Waals surface area contributed by atoms with Gasteiger partial charge in [-0.1, -0.05) is 13.8 Å². The lowest BCUT2D eigenvalue weighted by Gasteiger charge is -2.10. The Hall–Kier alpha value is -1.25. The molecule has 1 unspecified atom stereocenters. The summed E-state index contributed by atoms with van der Waals surface area (Å²) in [6.07, 6.45) is 0.925. The number of aromatic amines is 1. The molecule has 2 N–H and O–H groups in total. The van der Waals surface area contributed by atoms with Crippen molar-refractivity contribution in [3.05, 3.63) is 27.5 Å². The van der Waals surface area contributed by atoms with E-state index in [1.807, 2.05) is 20.8 Å². The molecule has 3 nitrogen and oxygen atoms in total. The van der Waals surface area contributed by atoms with Crippen molar-refractivity contribution in [1.82, 2.24) is 4.98 Å². The Labute approximate surface area is 77.4 Å². The van der Waals surface area contributed by atoms with Gasteiger partial charge in [0.2, 0.25) is 0 Å². The quantitative estimate of drug-likeness (QED) is 0.732. The predicted molar refractivity (Wildman–Crippen MR) is 52.2 cm³/mol. The van der Waals surface area contributed by atoms with Crippen molar-refractivity contribution in [3.63, 3.8) is 0 Å². The van der Waals surface area contributed by atoms with Crippen molar-refractivity contribution in [2.75, 3.05) is 0 Å². The van der Waals surface area contributed by atoms with Gasteiger partial charge >= 0.3 is 0 Å². The zero-order chi connectivity index (χ0) is 10.0. The molecule has 1 heterocycles. The number of aromatic hydroxyl groups is 1. The van der Waals surface area contributed by atoms with Crippen LogP contribution in [0.1, 0.15) is 37.3 Å². The van der Waals surface area contributed by atoms with Crippen LogP contribution >= 0.6 is 0 Å². The molecule has 0 aliphatic heterocycles. The fourth-order valence-electron chi connectivity index (χ4n) is 1.50. The third kappa shape index (κ3) is 1.91. The average molecular weight is 181 g/mol. The summed E-state index contributed by atoms with van der Waals surface area (Å²) in [6.45, 7) is 5.89. The topological polar surface area (TPSA) is 53.1 Å². The Balaban J connectivity index is 3.29. The lowest BCUT2D eigenvalue weighted by Crippen LogP contribution is -2.16. The zero-order valence-electron chi connectivity index (χ0n) is 8.22. The number of rotatable bonds is 2. The van der Waals surface area contributed by atoms with Crippen molar-refractivity contribution in [2.45, 2.75) is 33.1 Å². The molecule has 1 aromatic rings. The van der Waals surface area contributed by atoms with E-state index in [1.54, 1.807) is 6.07 Å².